The van der Waals surface area contributed by atoms with E-state index in [1.54, 1.807) is 7.11 Å². The van der Waals surface area contributed by atoms with Crippen molar-refractivity contribution in [2.75, 3.05) is 13.7 Å². The maximum Gasteiger partial charge on any atom is 0.168 e. The summed E-state index contributed by atoms with van der Waals surface area (Å²) in [4.78, 5) is 0. The summed E-state index contributed by atoms with van der Waals surface area (Å²) in [5.74, 6) is 0. The minimum Gasteiger partial charge on any atom is -0.362 e. The molecule has 0 aliphatic heterocycles. The summed E-state index contributed by atoms with van der Waals surface area (Å²) in [6.45, 7) is 13.1. The van der Waals surface area contributed by atoms with E-state index in [4.69, 9.17) is 10.00 Å². The van der Waals surface area contributed by atoms with E-state index in [0.717, 1.165) is 6.54 Å². The molecule has 0 aliphatic rings. The lowest BCUT2D eigenvalue weighted by Crippen LogP contribution is -2.59. The third-order valence-corrected chi connectivity index (χ3v) is 2.87. The van der Waals surface area contributed by atoms with Crippen molar-refractivity contribution in [1.29, 1.82) is 5.26 Å². The van der Waals surface area contributed by atoms with Gasteiger partial charge in [-0.3, -0.25) is 0 Å². The van der Waals surface area contributed by atoms with Crippen LogP contribution in [0, 0.1) is 16.7 Å². The van der Waals surface area contributed by atoms with E-state index in [-0.39, 0.29) is 11.0 Å². The standard InChI is InChI=1S/C12H24N2O/c1-10(2,3)9-14-11(4,5)12(6,8-13)15-7/h14H,9H2,1-7H3. The van der Waals surface area contributed by atoms with Crippen LogP contribution in [0.1, 0.15) is 41.5 Å². The highest BCUT2D eigenvalue weighted by atomic mass is 16.5. The van der Waals surface area contributed by atoms with Crippen LogP contribution in [-0.4, -0.2) is 24.8 Å². The number of nitriles is 1. The fourth-order valence-corrected chi connectivity index (χ4v) is 1.10. The van der Waals surface area contributed by atoms with Crippen LogP contribution in [-0.2, 0) is 4.74 Å². The zero-order valence-corrected chi connectivity index (χ0v) is 11.1. The van der Waals surface area contributed by atoms with Gasteiger partial charge in [-0.25, -0.2) is 0 Å². The molecule has 0 bridgehead atoms. The van der Waals surface area contributed by atoms with Crippen LogP contribution in [0.25, 0.3) is 0 Å². The van der Waals surface area contributed by atoms with Gasteiger partial charge >= 0.3 is 0 Å². The van der Waals surface area contributed by atoms with Gasteiger partial charge in [0.15, 0.2) is 5.60 Å². The number of ether oxygens (including phenoxy) is 1. The van der Waals surface area contributed by atoms with E-state index >= 15 is 0 Å². The van der Waals surface area contributed by atoms with Crippen LogP contribution < -0.4 is 5.32 Å². The predicted molar refractivity (Wildman–Crippen MR) is 62.6 cm³/mol. The average Bonchev–Trinajstić information content (AvgIpc) is 2.12. The molecule has 1 atom stereocenters. The molecule has 0 aromatic heterocycles. The Labute approximate surface area is 93.8 Å². The molecular weight excluding hydrogens is 188 g/mol. The fraction of sp³-hybridized carbons (Fsp3) is 0.917. The van der Waals surface area contributed by atoms with Crippen LogP contribution in [0.4, 0.5) is 0 Å². The molecular formula is C12H24N2O. The molecule has 1 N–H and O–H groups in total. The third kappa shape index (κ3) is 3.81. The zero-order chi connectivity index (χ0) is 12.3. The summed E-state index contributed by atoms with van der Waals surface area (Å²) in [6.07, 6.45) is 0. The van der Waals surface area contributed by atoms with Gasteiger partial charge in [0.2, 0.25) is 0 Å². The highest BCUT2D eigenvalue weighted by Crippen LogP contribution is 2.25. The van der Waals surface area contributed by atoms with Gasteiger partial charge in [0.25, 0.3) is 0 Å². The molecule has 15 heavy (non-hydrogen) atoms. The number of nitrogens with zero attached hydrogens (tertiary/aromatic N) is 1. The van der Waals surface area contributed by atoms with Gasteiger partial charge in [-0.15, -0.1) is 0 Å². The molecule has 0 spiro atoms. The van der Waals surface area contributed by atoms with E-state index in [2.05, 4.69) is 32.2 Å². The first kappa shape index (κ1) is 14.4. The highest BCUT2D eigenvalue weighted by molar-refractivity contribution is 5.12. The van der Waals surface area contributed by atoms with Crippen LogP contribution in [0.3, 0.4) is 0 Å². The van der Waals surface area contributed by atoms with Gasteiger partial charge in [-0.2, -0.15) is 5.26 Å². The Morgan fingerprint density at radius 3 is 1.87 bits per heavy atom. The summed E-state index contributed by atoms with van der Waals surface area (Å²) in [7, 11) is 1.57. The van der Waals surface area contributed by atoms with Crippen molar-refractivity contribution in [3.8, 4) is 6.07 Å². The molecule has 1 unspecified atom stereocenters. The smallest absolute Gasteiger partial charge is 0.168 e. The molecule has 0 amide bonds. The van der Waals surface area contributed by atoms with Gasteiger partial charge < -0.3 is 10.1 Å². The van der Waals surface area contributed by atoms with E-state index in [1.807, 2.05) is 20.8 Å². The number of nitrogens with one attached hydrogen (secondary N) is 1. The second-order valence-electron chi connectivity index (χ2n) is 5.89. The molecule has 88 valence electrons. The van der Waals surface area contributed by atoms with Gasteiger partial charge in [-0.05, 0) is 26.2 Å². The minimum absolute atomic E-state index is 0.196. The van der Waals surface area contributed by atoms with Crippen LogP contribution in [0.15, 0.2) is 0 Å². The summed E-state index contributed by atoms with van der Waals surface area (Å²) < 4.78 is 5.29. The van der Waals surface area contributed by atoms with Crippen molar-refractivity contribution < 1.29 is 4.74 Å². The molecule has 0 saturated heterocycles. The maximum atomic E-state index is 9.14. The second-order valence-corrected chi connectivity index (χ2v) is 5.89. The first-order valence-corrected chi connectivity index (χ1v) is 5.29. The van der Waals surface area contributed by atoms with Crippen LogP contribution in [0.5, 0.6) is 0 Å². The van der Waals surface area contributed by atoms with Crippen LogP contribution in [0.2, 0.25) is 0 Å². The summed E-state index contributed by atoms with van der Waals surface area (Å²) in [5.41, 5.74) is -0.983. The monoisotopic (exact) mass is 212 g/mol. The molecule has 0 aromatic rings. The SMILES string of the molecule is COC(C)(C#N)C(C)(C)NCC(C)(C)C. The van der Waals surface area contributed by atoms with E-state index in [9.17, 15) is 0 Å². The number of rotatable bonds is 4. The Morgan fingerprint density at radius 2 is 1.60 bits per heavy atom. The zero-order valence-electron chi connectivity index (χ0n) is 11.1. The van der Waals surface area contributed by atoms with E-state index in [0.29, 0.717) is 0 Å². The lowest BCUT2D eigenvalue weighted by molar-refractivity contribution is -0.0166. The number of methoxy groups -OCH3 is 1. The molecule has 0 radical (unpaired) electrons. The molecule has 0 rings (SSSR count). The predicted octanol–water partition coefficient (Wildman–Crippen LogP) is 2.33. The van der Waals surface area contributed by atoms with E-state index < -0.39 is 5.60 Å². The topological polar surface area (TPSA) is 45.0 Å². The average molecular weight is 212 g/mol. The lowest BCUT2D eigenvalue weighted by atomic mass is 9.83. The molecule has 0 aromatic carbocycles. The van der Waals surface area contributed by atoms with Crippen LogP contribution >= 0.6 is 0 Å². The van der Waals surface area contributed by atoms with Crippen molar-refractivity contribution in [1.82, 2.24) is 5.32 Å². The first-order chi connectivity index (χ1) is 6.58. The Kier molecular flexibility index (Phi) is 4.33. The number of hydrogen-bond acceptors (Lipinski definition) is 3. The van der Waals surface area contributed by atoms with Gasteiger partial charge in [0.1, 0.15) is 0 Å². The van der Waals surface area contributed by atoms with E-state index in [1.165, 1.54) is 0 Å². The quantitative estimate of drug-likeness (QED) is 0.778. The second kappa shape index (κ2) is 4.51. The maximum absolute atomic E-state index is 9.14. The van der Waals surface area contributed by atoms with Crippen molar-refractivity contribution in [2.24, 2.45) is 5.41 Å². The summed E-state index contributed by atoms with van der Waals surface area (Å²) in [5, 5.41) is 12.5. The van der Waals surface area contributed by atoms with Crippen molar-refractivity contribution in [2.45, 2.75) is 52.7 Å². The Balaban J connectivity index is 4.62. The molecule has 0 saturated carbocycles. The highest BCUT2D eigenvalue weighted by Gasteiger charge is 2.41. The van der Waals surface area contributed by atoms with Gasteiger partial charge in [-0.1, -0.05) is 20.8 Å². The largest absolute Gasteiger partial charge is 0.362 e. The molecule has 0 heterocycles. The Morgan fingerprint density at radius 1 is 1.13 bits per heavy atom. The molecule has 0 fully saturated rings. The van der Waals surface area contributed by atoms with Crippen molar-refractivity contribution >= 4 is 0 Å². The van der Waals surface area contributed by atoms with Gasteiger partial charge in [0.05, 0.1) is 11.6 Å². The normalized spacial score (nSPS) is 16.9. The summed E-state index contributed by atoms with van der Waals surface area (Å²) >= 11 is 0. The first-order valence-electron chi connectivity index (χ1n) is 5.29. The molecule has 3 nitrogen and oxygen atoms in total. The Hall–Kier alpha value is -0.590. The van der Waals surface area contributed by atoms with Crippen molar-refractivity contribution in [3.63, 3.8) is 0 Å². The third-order valence-electron chi connectivity index (χ3n) is 2.87. The minimum atomic E-state index is -0.807. The number of hydrogen-bond donors (Lipinski definition) is 1. The van der Waals surface area contributed by atoms with Gasteiger partial charge in [0, 0.05) is 13.7 Å². The van der Waals surface area contributed by atoms with Crippen molar-refractivity contribution in [3.05, 3.63) is 0 Å². The lowest BCUT2D eigenvalue weighted by Gasteiger charge is -2.40. The fourth-order valence-electron chi connectivity index (χ4n) is 1.10. The molecule has 0 aliphatic carbocycles. The summed E-state index contributed by atoms with van der Waals surface area (Å²) in [6, 6.07) is 2.22. The molecule has 3 heteroatoms. The Bertz CT molecular complexity index is 247.